The van der Waals surface area contributed by atoms with Crippen molar-refractivity contribution in [2.45, 2.75) is 31.9 Å². The third-order valence-corrected chi connectivity index (χ3v) is 5.32. The Labute approximate surface area is 158 Å². The van der Waals surface area contributed by atoms with Crippen molar-refractivity contribution in [2.75, 3.05) is 32.8 Å². The smallest absolute Gasteiger partial charge is 0.317 e. The van der Waals surface area contributed by atoms with E-state index in [0.29, 0.717) is 39.3 Å². The summed E-state index contributed by atoms with van der Waals surface area (Å²) in [6.45, 7) is 3.60. The lowest BCUT2D eigenvalue weighted by molar-refractivity contribution is -0.140. The second-order valence-electron chi connectivity index (χ2n) is 7.21. The predicted molar refractivity (Wildman–Crippen MR) is 102 cm³/mol. The van der Waals surface area contributed by atoms with E-state index in [2.05, 4.69) is 16.4 Å². The van der Waals surface area contributed by atoms with Gasteiger partial charge in [-0.1, -0.05) is 18.2 Å². The van der Waals surface area contributed by atoms with Crippen LogP contribution in [0.15, 0.2) is 30.3 Å². The highest BCUT2D eigenvalue weighted by atomic mass is 16.5. The Kier molecular flexibility index (Phi) is 5.29. The first-order valence-electron chi connectivity index (χ1n) is 9.70. The maximum atomic E-state index is 12.5. The third-order valence-electron chi connectivity index (χ3n) is 5.32. The third kappa shape index (κ3) is 4.08. The maximum absolute atomic E-state index is 12.5. The lowest BCUT2D eigenvalue weighted by atomic mass is 10.2. The van der Waals surface area contributed by atoms with Crippen molar-refractivity contribution in [2.24, 2.45) is 0 Å². The molecule has 0 bridgehead atoms. The predicted octanol–water partition coefficient (Wildman–Crippen LogP) is 2.09. The van der Waals surface area contributed by atoms with Crippen molar-refractivity contribution in [3.63, 3.8) is 0 Å². The van der Waals surface area contributed by atoms with Crippen molar-refractivity contribution in [3.05, 3.63) is 36.0 Å². The van der Waals surface area contributed by atoms with Crippen LogP contribution in [-0.4, -0.2) is 65.6 Å². The van der Waals surface area contributed by atoms with Gasteiger partial charge in [0.05, 0.1) is 6.54 Å². The fourth-order valence-corrected chi connectivity index (χ4v) is 3.83. The van der Waals surface area contributed by atoms with Gasteiger partial charge in [0.15, 0.2) is 0 Å². The summed E-state index contributed by atoms with van der Waals surface area (Å²) in [6, 6.07) is 10.0. The summed E-state index contributed by atoms with van der Waals surface area (Å²) in [7, 11) is 0. The Morgan fingerprint density at radius 3 is 2.74 bits per heavy atom. The van der Waals surface area contributed by atoms with E-state index in [0.717, 1.165) is 35.9 Å². The van der Waals surface area contributed by atoms with Gasteiger partial charge in [-0.3, -0.25) is 4.79 Å². The van der Waals surface area contributed by atoms with E-state index >= 15 is 0 Å². The quantitative estimate of drug-likeness (QED) is 0.868. The maximum Gasteiger partial charge on any atom is 0.317 e. The molecule has 0 radical (unpaired) electrons. The van der Waals surface area contributed by atoms with Crippen LogP contribution in [0.2, 0.25) is 0 Å². The molecule has 2 fully saturated rings. The number of hydrogen-bond donors (Lipinski definition) is 2. The highest BCUT2D eigenvalue weighted by Crippen LogP contribution is 2.17. The minimum absolute atomic E-state index is 0.0767. The Hall–Kier alpha value is -2.54. The van der Waals surface area contributed by atoms with Gasteiger partial charge >= 0.3 is 6.03 Å². The molecule has 3 heterocycles. The number of amides is 3. The van der Waals surface area contributed by atoms with E-state index in [4.69, 9.17) is 4.74 Å². The minimum atomic E-state index is -0.285. The van der Waals surface area contributed by atoms with E-state index in [1.165, 1.54) is 0 Å². The zero-order chi connectivity index (χ0) is 18.6. The summed E-state index contributed by atoms with van der Waals surface area (Å²) in [5.74, 6) is 0.0767. The van der Waals surface area contributed by atoms with Crippen LogP contribution in [0, 0.1) is 0 Å². The largest absolute Gasteiger partial charge is 0.368 e. The lowest BCUT2D eigenvalue weighted by Gasteiger charge is -2.24. The van der Waals surface area contributed by atoms with Crippen molar-refractivity contribution >= 4 is 22.8 Å². The first-order chi connectivity index (χ1) is 13.2. The van der Waals surface area contributed by atoms with Gasteiger partial charge in [0.2, 0.25) is 0 Å². The standard InChI is InChI=1S/C20H26N4O3/c25-19(18-7-3-12-27-18)23-8-4-9-24(11-10-23)20(26)21-14-16-13-15-5-1-2-6-17(15)22-16/h1-2,5-6,13,18,22H,3-4,7-12,14H2,(H,21,26). The summed E-state index contributed by atoms with van der Waals surface area (Å²) in [4.78, 5) is 32.0. The average molecular weight is 370 g/mol. The zero-order valence-electron chi connectivity index (χ0n) is 15.4. The van der Waals surface area contributed by atoms with Crippen LogP contribution in [0.4, 0.5) is 4.79 Å². The molecule has 1 aromatic carbocycles. The number of ether oxygens (including phenoxy) is 1. The number of rotatable bonds is 3. The summed E-state index contributed by atoms with van der Waals surface area (Å²) in [5.41, 5.74) is 2.05. The molecule has 27 heavy (non-hydrogen) atoms. The first-order valence-corrected chi connectivity index (χ1v) is 9.70. The molecular weight excluding hydrogens is 344 g/mol. The topological polar surface area (TPSA) is 77.7 Å². The molecular formula is C20H26N4O3. The van der Waals surface area contributed by atoms with E-state index in [1.54, 1.807) is 4.90 Å². The molecule has 1 aromatic heterocycles. The molecule has 0 aliphatic carbocycles. The van der Waals surface area contributed by atoms with Gasteiger partial charge < -0.3 is 24.8 Å². The summed E-state index contributed by atoms with van der Waals surface area (Å²) < 4.78 is 5.51. The Balaban J connectivity index is 1.29. The monoisotopic (exact) mass is 370 g/mol. The Morgan fingerprint density at radius 1 is 1.11 bits per heavy atom. The summed E-state index contributed by atoms with van der Waals surface area (Å²) in [5, 5.41) is 4.12. The molecule has 144 valence electrons. The van der Waals surface area contributed by atoms with Crippen molar-refractivity contribution in [1.82, 2.24) is 20.1 Å². The van der Waals surface area contributed by atoms with Gasteiger partial charge in [-0.2, -0.15) is 0 Å². The number of fused-ring (bicyclic) bond motifs is 1. The van der Waals surface area contributed by atoms with Gasteiger partial charge in [-0.15, -0.1) is 0 Å². The van der Waals surface area contributed by atoms with Gasteiger partial charge in [0.1, 0.15) is 6.10 Å². The molecule has 2 aromatic rings. The fourth-order valence-electron chi connectivity index (χ4n) is 3.83. The number of urea groups is 1. The number of carbonyl (C=O) groups excluding carboxylic acids is 2. The molecule has 1 unspecified atom stereocenters. The molecule has 2 saturated heterocycles. The van der Waals surface area contributed by atoms with Gasteiger partial charge in [0, 0.05) is 44.0 Å². The van der Waals surface area contributed by atoms with E-state index in [9.17, 15) is 9.59 Å². The van der Waals surface area contributed by atoms with Gasteiger partial charge in [-0.25, -0.2) is 4.79 Å². The molecule has 2 aliphatic heterocycles. The number of aromatic amines is 1. The van der Waals surface area contributed by atoms with Crippen LogP contribution >= 0.6 is 0 Å². The van der Waals surface area contributed by atoms with Crippen molar-refractivity contribution in [3.8, 4) is 0 Å². The highest BCUT2D eigenvalue weighted by molar-refractivity contribution is 5.82. The van der Waals surface area contributed by atoms with Crippen LogP contribution in [0.1, 0.15) is 25.0 Å². The molecule has 2 N–H and O–H groups in total. The summed E-state index contributed by atoms with van der Waals surface area (Å²) in [6.07, 6.45) is 2.27. The van der Waals surface area contributed by atoms with Crippen molar-refractivity contribution in [1.29, 1.82) is 0 Å². The number of benzene rings is 1. The minimum Gasteiger partial charge on any atom is -0.368 e. The van der Waals surface area contributed by atoms with Crippen molar-refractivity contribution < 1.29 is 14.3 Å². The molecule has 4 rings (SSSR count). The van der Waals surface area contributed by atoms with E-state index in [1.807, 2.05) is 29.2 Å². The average Bonchev–Trinajstić information content (AvgIpc) is 3.29. The molecule has 7 nitrogen and oxygen atoms in total. The number of nitrogens with zero attached hydrogens (tertiary/aromatic N) is 2. The van der Waals surface area contributed by atoms with Crippen LogP contribution in [0.5, 0.6) is 0 Å². The number of H-pyrrole nitrogens is 1. The second-order valence-corrected chi connectivity index (χ2v) is 7.21. The first kappa shape index (κ1) is 17.9. The molecule has 7 heteroatoms. The van der Waals surface area contributed by atoms with E-state index < -0.39 is 0 Å². The van der Waals surface area contributed by atoms with Crippen LogP contribution in [0.25, 0.3) is 10.9 Å². The number of para-hydroxylation sites is 1. The summed E-state index contributed by atoms with van der Waals surface area (Å²) >= 11 is 0. The SMILES string of the molecule is O=C(NCc1cc2ccccc2[nH]1)N1CCCN(C(=O)C2CCCO2)CC1. The van der Waals surface area contributed by atoms with Crippen LogP contribution < -0.4 is 5.32 Å². The number of aromatic nitrogens is 1. The second kappa shape index (κ2) is 8.00. The number of hydrogen-bond acceptors (Lipinski definition) is 3. The Bertz CT molecular complexity index is 779. The zero-order valence-corrected chi connectivity index (χ0v) is 15.4. The molecule has 1 atom stereocenters. The normalized spacial score (nSPS) is 20.7. The molecule has 3 amide bonds. The van der Waals surface area contributed by atoms with E-state index in [-0.39, 0.29) is 18.0 Å². The van der Waals surface area contributed by atoms with Gasteiger partial charge in [0.25, 0.3) is 5.91 Å². The lowest BCUT2D eigenvalue weighted by Crippen LogP contribution is -2.44. The number of nitrogens with one attached hydrogen (secondary N) is 2. The van der Waals surface area contributed by atoms with Crippen LogP contribution in [0.3, 0.4) is 0 Å². The highest BCUT2D eigenvalue weighted by Gasteiger charge is 2.30. The fraction of sp³-hybridized carbons (Fsp3) is 0.500. The Morgan fingerprint density at radius 2 is 1.93 bits per heavy atom. The number of carbonyl (C=O) groups is 2. The molecule has 0 spiro atoms. The van der Waals surface area contributed by atoms with Gasteiger partial charge in [-0.05, 0) is 36.8 Å². The molecule has 2 aliphatic rings. The van der Waals surface area contributed by atoms with Crippen LogP contribution in [-0.2, 0) is 16.1 Å². The molecule has 0 saturated carbocycles.